The number of hydrogen-bond acceptors (Lipinski definition) is 3. The standard InChI is InChI=1S/C11H16FNO4/c1-11(2,3)17-10(16)13-5-4-7(6-13)8(12)9(14)15/h4-6H2,1-3H3,(H,14,15)/b8-7-. The molecular weight excluding hydrogens is 229 g/mol. The Bertz CT molecular complexity index is 370. The predicted molar refractivity (Wildman–Crippen MR) is 58.2 cm³/mol. The van der Waals surface area contributed by atoms with Crippen LogP contribution in [0.1, 0.15) is 27.2 Å². The molecule has 0 saturated carbocycles. The number of halogens is 1. The number of carboxylic acid groups (broad SMARTS) is 1. The van der Waals surface area contributed by atoms with Crippen LogP contribution in [-0.2, 0) is 9.53 Å². The summed E-state index contributed by atoms with van der Waals surface area (Å²) in [7, 11) is 0. The van der Waals surface area contributed by atoms with Gasteiger partial charge >= 0.3 is 12.1 Å². The van der Waals surface area contributed by atoms with E-state index >= 15 is 0 Å². The first-order valence-corrected chi connectivity index (χ1v) is 5.29. The molecule has 1 saturated heterocycles. The van der Waals surface area contributed by atoms with Gasteiger partial charge in [-0.1, -0.05) is 0 Å². The van der Waals surface area contributed by atoms with Crippen LogP contribution >= 0.6 is 0 Å². The van der Waals surface area contributed by atoms with E-state index in [1.807, 2.05) is 0 Å². The van der Waals surface area contributed by atoms with Gasteiger partial charge in [-0.15, -0.1) is 0 Å². The lowest BCUT2D eigenvalue weighted by Crippen LogP contribution is -2.34. The van der Waals surface area contributed by atoms with E-state index in [1.54, 1.807) is 20.8 Å². The number of carbonyl (C=O) groups excluding carboxylic acids is 1. The Kier molecular flexibility index (Phi) is 3.75. The van der Waals surface area contributed by atoms with Crippen LogP contribution in [0.3, 0.4) is 0 Å². The lowest BCUT2D eigenvalue weighted by Gasteiger charge is -2.23. The summed E-state index contributed by atoms with van der Waals surface area (Å²) >= 11 is 0. The van der Waals surface area contributed by atoms with Gasteiger partial charge in [0.15, 0.2) is 0 Å². The number of aliphatic carboxylic acids is 1. The molecule has 0 radical (unpaired) electrons. The van der Waals surface area contributed by atoms with Gasteiger partial charge in [0.25, 0.3) is 0 Å². The zero-order valence-electron chi connectivity index (χ0n) is 10.1. The highest BCUT2D eigenvalue weighted by atomic mass is 19.1. The van der Waals surface area contributed by atoms with Gasteiger partial charge in [0.05, 0.1) is 0 Å². The van der Waals surface area contributed by atoms with Gasteiger partial charge < -0.3 is 14.7 Å². The molecule has 0 unspecified atom stereocenters. The molecule has 6 heteroatoms. The summed E-state index contributed by atoms with van der Waals surface area (Å²) in [6.07, 6.45) is -0.317. The van der Waals surface area contributed by atoms with Crippen molar-refractivity contribution in [3.8, 4) is 0 Å². The SMILES string of the molecule is CC(C)(C)OC(=O)N1CC/C(=C(/F)C(=O)O)C1. The third-order valence-corrected chi connectivity index (χ3v) is 2.22. The zero-order valence-corrected chi connectivity index (χ0v) is 10.1. The Balaban J connectivity index is 2.66. The number of carboxylic acids is 1. The molecule has 0 aromatic carbocycles. The number of nitrogens with zero attached hydrogens (tertiary/aromatic N) is 1. The van der Waals surface area contributed by atoms with E-state index in [-0.39, 0.29) is 25.1 Å². The van der Waals surface area contributed by atoms with E-state index in [9.17, 15) is 14.0 Å². The van der Waals surface area contributed by atoms with Crippen LogP contribution in [-0.4, -0.2) is 40.8 Å². The molecule has 1 rings (SSSR count). The van der Waals surface area contributed by atoms with Crippen molar-refractivity contribution >= 4 is 12.1 Å². The van der Waals surface area contributed by atoms with Crippen LogP contribution in [0, 0.1) is 0 Å². The largest absolute Gasteiger partial charge is 0.476 e. The normalized spacial score (nSPS) is 19.2. The topological polar surface area (TPSA) is 66.8 Å². The van der Waals surface area contributed by atoms with Crippen molar-refractivity contribution in [2.45, 2.75) is 32.8 Å². The van der Waals surface area contributed by atoms with Crippen molar-refractivity contribution in [1.82, 2.24) is 4.90 Å². The molecule has 1 amide bonds. The molecule has 1 aliphatic heterocycles. The molecule has 0 aromatic rings. The zero-order chi connectivity index (χ0) is 13.2. The molecule has 0 spiro atoms. The summed E-state index contributed by atoms with van der Waals surface area (Å²) in [6.45, 7) is 5.46. The maximum absolute atomic E-state index is 13.1. The Morgan fingerprint density at radius 3 is 2.47 bits per heavy atom. The minimum Gasteiger partial charge on any atom is -0.476 e. The first-order valence-electron chi connectivity index (χ1n) is 5.29. The molecule has 0 aliphatic carbocycles. The van der Waals surface area contributed by atoms with Crippen LogP contribution in [0.25, 0.3) is 0 Å². The highest BCUT2D eigenvalue weighted by molar-refractivity contribution is 5.85. The summed E-state index contributed by atoms with van der Waals surface area (Å²) in [5, 5.41) is 8.49. The number of ether oxygens (including phenoxy) is 1. The molecule has 5 nitrogen and oxygen atoms in total. The smallest absolute Gasteiger partial charge is 0.410 e. The fourth-order valence-electron chi connectivity index (χ4n) is 1.47. The Labute approximate surface area is 98.8 Å². The number of hydrogen-bond donors (Lipinski definition) is 1. The minimum absolute atomic E-state index is 0.0208. The molecule has 1 aliphatic rings. The van der Waals surface area contributed by atoms with E-state index in [2.05, 4.69) is 0 Å². The van der Waals surface area contributed by atoms with Gasteiger partial charge in [-0.05, 0) is 32.8 Å². The summed E-state index contributed by atoms with van der Waals surface area (Å²) in [5.41, 5.74) is -0.488. The van der Waals surface area contributed by atoms with Crippen molar-refractivity contribution in [2.24, 2.45) is 0 Å². The maximum Gasteiger partial charge on any atom is 0.410 e. The van der Waals surface area contributed by atoms with Gasteiger partial charge in [-0.3, -0.25) is 0 Å². The minimum atomic E-state index is -1.59. The Morgan fingerprint density at radius 1 is 1.41 bits per heavy atom. The van der Waals surface area contributed by atoms with Gasteiger partial charge in [0, 0.05) is 13.1 Å². The number of rotatable bonds is 1. The summed E-state index contributed by atoms with van der Waals surface area (Å²) in [4.78, 5) is 23.3. The van der Waals surface area contributed by atoms with Gasteiger partial charge in [0.2, 0.25) is 5.83 Å². The van der Waals surface area contributed by atoms with Crippen LogP contribution < -0.4 is 0 Å². The number of carbonyl (C=O) groups is 2. The molecule has 0 aromatic heterocycles. The molecule has 0 bridgehead atoms. The molecule has 1 fully saturated rings. The van der Waals surface area contributed by atoms with Crippen molar-refractivity contribution in [1.29, 1.82) is 0 Å². The van der Waals surface area contributed by atoms with Gasteiger partial charge in [-0.25, -0.2) is 9.59 Å². The van der Waals surface area contributed by atoms with Gasteiger partial charge in [0.1, 0.15) is 5.60 Å². The van der Waals surface area contributed by atoms with Crippen LogP contribution in [0.2, 0.25) is 0 Å². The highest BCUT2D eigenvalue weighted by Gasteiger charge is 2.29. The molecule has 1 heterocycles. The summed E-state index contributed by atoms with van der Waals surface area (Å²) in [6, 6.07) is 0. The highest BCUT2D eigenvalue weighted by Crippen LogP contribution is 2.22. The van der Waals surface area contributed by atoms with Crippen LogP contribution in [0.4, 0.5) is 9.18 Å². The first kappa shape index (κ1) is 13.5. The molecule has 17 heavy (non-hydrogen) atoms. The average molecular weight is 245 g/mol. The van der Waals surface area contributed by atoms with Crippen LogP contribution in [0.15, 0.2) is 11.4 Å². The van der Waals surface area contributed by atoms with Crippen molar-refractivity contribution in [2.75, 3.05) is 13.1 Å². The Morgan fingerprint density at radius 2 is 2.00 bits per heavy atom. The number of amides is 1. The van der Waals surface area contributed by atoms with E-state index in [1.165, 1.54) is 4.90 Å². The molecule has 0 atom stereocenters. The van der Waals surface area contributed by atoms with Crippen LogP contribution in [0.5, 0.6) is 0 Å². The second-order valence-corrected chi connectivity index (χ2v) is 4.87. The summed E-state index contributed by atoms with van der Waals surface area (Å²) in [5.74, 6) is -2.76. The monoisotopic (exact) mass is 245 g/mol. The molecular formula is C11H16FNO4. The first-order chi connectivity index (χ1) is 7.70. The van der Waals surface area contributed by atoms with E-state index in [0.29, 0.717) is 0 Å². The second-order valence-electron chi connectivity index (χ2n) is 4.87. The van der Waals surface area contributed by atoms with Crippen molar-refractivity contribution in [3.05, 3.63) is 11.4 Å². The number of likely N-dealkylation sites (tertiary alicyclic amines) is 1. The lowest BCUT2D eigenvalue weighted by atomic mass is 10.2. The van der Waals surface area contributed by atoms with Crippen molar-refractivity contribution in [3.63, 3.8) is 0 Å². The van der Waals surface area contributed by atoms with E-state index < -0.39 is 23.5 Å². The third-order valence-electron chi connectivity index (χ3n) is 2.22. The molecule has 1 N–H and O–H groups in total. The predicted octanol–water partition coefficient (Wildman–Crippen LogP) is 1.94. The van der Waals surface area contributed by atoms with E-state index in [0.717, 1.165) is 0 Å². The molecule has 96 valence electrons. The quantitative estimate of drug-likeness (QED) is 0.717. The van der Waals surface area contributed by atoms with Gasteiger partial charge in [-0.2, -0.15) is 4.39 Å². The lowest BCUT2D eigenvalue weighted by molar-refractivity contribution is -0.134. The maximum atomic E-state index is 13.1. The third kappa shape index (κ3) is 3.72. The summed E-state index contributed by atoms with van der Waals surface area (Å²) < 4.78 is 18.2. The van der Waals surface area contributed by atoms with Crippen molar-refractivity contribution < 1.29 is 23.8 Å². The fraction of sp³-hybridized carbons (Fsp3) is 0.636. The Hall–Kier alpha value is -1.59. The van der Waals surface area contributed by atoms with E-state index in [4.69, 9.17) is 9.84 Å². The fourth-order valence-corrected chi connectivity index (χ4v) is 1.47. The average Bonchev–Trinajstić information content (AvgIpc) is 2.62. The second kappa shape index (κ2) is 4.73.